The Bertz CT molecular complexity index is 1790. The third kappa shape index (κ3) is 6.14. The standard InChI is InChI=1S/C30H35N7O9S2/c1-29(2,27(44)45)46-34-20(17-14-48-28(31)32-17)23(40)33-21-24(41)36-22(26(42)43)16(13-47-25(21)36)12-37-8-4-30(5-9-37,6-10-37)15-35-7-3-18(38)19(39)11-35/h3,7,11,14,21,25H,4-6,8-10,12-13,15H2,1-2H3,(H5-,31,32,33,39,40,42,43,44,45)/b34-20-/t21-,25-,30?,37?/m1/s1. The van der Waals surface area contributed by atoms with Crippen molar-refractivity contribution >= 4 is 57.7 Å². The van der Waals surface area contributed by atoms with Crippen molar-refractivity contribution in [1.29, 1.82) is 0 Å². The molecule has 2 bridgehead atoms. The SMILES string of the molecule is CC(C)(O/N=C(\C(=O)N[C@@H]1C(=O)N2C(C(=O)[O-])=C(C[N+]34CCC(Cn5ccc(=O)c(O)c5)(CC3)CC4)CS[C@H]12)c1csc(N)n1)C(=O)O. The number of thioether (sulfide) groups is 1. The van der Waals surface area contributed by atoms with Crippen molar-refractivity contribution in [3.8, 4) is 5.75 Å². The number of amides is 2. The number of aromatic hydroxyl groups is 1. The molecule has 256 valence electrons. The van der Waals surface area contributed by atoms with E-state index >= 15 is 0 Å². The van der Waals surface area contributed by atoms with Gasteiger partial charge in [-0.1, -0.05) is 5.16 Å². The van der Waals surface area contributed by atoms with Crippen LogP contribution in [-0.2, 0) is 30.6 Å². The molecule has 0 aliphatic carbocycles. The largest absolute Gasteiger partial charge is 0.543 e. The van der Waals surface area contributed by atoms with Crippen LogP contribution in [0, 0.1) is 5.41 Å². The van der Waals surface area contributed by atoms with Gasteiger partial charge < -0.3 is 45.1 Å². The third-order valence-corrected chi connectivity index (χ3v) is 11.8. The van der Waals surface area contributed by atoms with Crippen LogP contribution in [0.15, 0.2) is 45.1 Å². The number of carbonyl (C=O) groups is 4. The number of quaternary nitrogens is 1. The lowest BCUT2D eigenvalue weighted by molar-refractivity contribution is -0.941. The molecule has 5 aliphatic rings. The minimum absolute atomic E-state index is 0.0131. The van der Waals surface area contributed by atoms with Crippen LogP contribution < -0.4 is 21.6 Å². The van der Waals surface area contributed by atoms with Crippen LogP contribution in [0.5, 0.6) is 5.75 Å². The molecular weight excluding hydrogens is 667 g/mol. The Morgan fingerprint density at radius 3 is 2.52 bits per heavy atom. The van der Waals surface area contributed by atoms with E-state index in [0.29, 0.717) is 28.9 Å². The van der Waals surface area contributed by atoms with Crippen LogP contribution in [0.4, 0.5) is 5.13 Å². The molecule has 18 heteroatoms. The summed E-state index contributed by atoms with van der Waals surface area (Å²) in [6.07, 6.45) is 5.82. The zero-order chi connectivity index (χ0) is 34.6. The summed E-state index contributed by atoms with van der Waals surface area (Å²) in [6, 6.07) is 0.270. The molecule has 5 aliphatic heterocycles. The van der Waals surface area contributed by atoms with Gasteiger partial charge in [-0.25, -0.2) is 9.78 Å². The number of carbonyl (C=O) groups excluding carboxylic acids is 3. The number of nitrogens with zero attached hydrogens (tertiary/aromatic N) is 5. The van der Waals surface area contributed by atoms with E-state index in [-0.39, 0.29) is 33.4 Å². The zero-order valence-corrected chi connectivity index (χ0v) is 27.8. The Labute approximate surface area is 282 Å². The molecule has 0 unspecified atom stereocenters. The number of hydrogen-bond donors (Lipinski definition) is 4. The molecular formula is C30H35N7O9S2. The second-order valence-electron chi connectivity index (χ2n) is 13.3. The van der Waals surface area contributed by atoms with E-state index < -0.39 is 46.2 Å². The van der Waals surface area contributed by atoms with Gasteiger partial charge in [0.25, 0.3) is 11.8 Å². The van der Waals surface area contributed by atoms with E-state index in [0.717, 1.165) is 50.2 Å². The van der Waals surface area contributed by atoms with Crippen LogP contribution in [0.25, 0.3) is 0 Å². The lowest BCUT2D eigenvalue weighted by atomic mass is 9.70. The molecule has 7 heterocycles. The van der Waals surface area contributed by atoms with Crippen LogP contribution >= 0.6 is 23.1 Å². The monoisotopic (exact) mass is 701 g/mol. The van der Waals surface area contributed by atoms with E-state index in [1.54, 1.807) is 6.20 Å². The average molecular weight is 702 g/mol. The Morgan fingerprint density at radius 1 is 1.25 bits per heavy atom. The van der Waals surface area contributed by atoms with Gasteiger partial charge in [-0.3, -0.25) is 19.3 Å². The number of thiazole rings is 1. The van der Waals surface area contributed by atoms with Crippen LogP contribution in [-0.4, -0.2) is 108 Å². The predicted octanol–water partition coefficient (Wildman–Crippen LogP) is -0.719. The number of nitrogens with one attached hydrogen (secondary N) is 1. The third-order valence-electron chi connectivity index (χ3n) is 9.74. The maximum absolute atomic E-state index is 13.4. The highest BCUT2D eigenvalue weighted by Gasteiger charge is 2.55. The molecule has 4 fully saturated rings. The van der Waals surface area contributed by atoms with E-state index in [4.69, 9.17) is 10.6 Å². The summed E-state index contributed by atoms with van der Waals surface area (Å²) in [5.74, 6) is -4.23. The molecule has 5 N–H and O–H groups in total. The number of aromatic nitrogens is 2. The fourth-order valence-corrected chi connectivity index (χ4v) is 8.70. The number of carboxylic acid groups (broad SMARTS) is 2. The molecule has 0 saturated carbocycles. The summed E-state index contributed by atoms with van der Waals surface area (Å²) < 4.78 is 2.55. The van der Waals surface area contributed by atoms with Crippen molar-refractivity contribution in [3.05, 3.63) is 51.0 Å². The first-order valence-corrected chi connectivity index (χ1v) is 17.2. The van der Waals surface area contributed by atoms with Crippen LogP contribution in [0.3, 0.4) is 0 Å². The number of fused-ring (bicyclic) bond motifs is 4. The quantitative estimate of drug-likeness (QED) is 0.0985. The van der Waals surface area contributed by atoms with E-state index in [9.17, 15) is 39.3 Å². The summed E-state index contributed by atoms with van der Waals surface area (Å²) in [6.45, 7) is 6.09. The number of aliphatic carboxylic acids is 2. The summed E-state index contributed by atoms with van der Waals surface area (Å²) in [4.78, 5) is 72.8. The summed E-state index contributed by atoms with van der Waals surface area (Å²) >= 11 is 2.36. The number of carboxylic acids is 2. The molecule has 0 radical (unpaired) electrons. The highest BCUT2D eigenvalue weighted by Crippen LogP contribution is 2.47. The van der Waals surface area contributed by atoms with Gasteiger partial charge in [-0.15, -0.1) is 23.1 Å². The van der Waals surface area contributed by atoms with E-state index in [1.807, 2.05) is 4.57 Å². The molecule has 0 aromatic carbocycles. The van der Waals surface area contributed by atoms with Gasteiger partial charge in [0.05, 0.1) is 31.3 Å². The Kier molecular flexibility index (Phi) is 8.53. The minimum Gasteiger partial charge on any atom is -0.543 e. The first kappa shape index (κ1) is 33.5. The molecule has 2 amide bonds. The van der Waals surface area contributed by atoms with Crippen LogP contribution in [0.2, 0.25) is 0 Å². The van der Waals surface area contributed by atoms with Gasteiger partial charge in [0.1, 0.15) is 23.7 Å². The normalized spacial score (nSPS) is 26.9. The van der Waals surface area contributed by atoms with Crippen molar-refractivity contribution in [3.63, 3.8) is 0 Å². The second kappa shape index (κ2) is 12.2. The van der Waals surface area contributed by atoms with Gasteiger partial charge in [0, 0.05) is 66.4 Å². The zero-order valence-electron chi connectivity index (χ0n) is 26.2. The number of β-lactam (4-membered cyclic amide) rings is 1. The number of hydrogen-bond acceptors (Lipinski definition) is 13. The molecule has 0 spiro atoms. The smallest absolute Gasteiger partial charge is 0.350 e. The molecule has 7 rings (SSSR count). The fraction of sp³-hybridized carbons (Fsp3) is 0.500. The van der Waals surface area contributed by atoms with E-state index in [1.165, 1.54) is 48.2 Å². The van der Waals surface area contributed by atoms with Gasteiger partial charge >= 0.3 is 5.97 Å². The predicted molar refractivity (Wildman–Crippen MR) is 171 cm³/mol. The maximum Gasteiger partial charge on any atom is 0.350 e. The topological polar surface area (TPSA) is 230 Å². The van der Waals surface area contributed by atoms with Gasteiger partial charge in [0.2, 0.25) is 11.0 Å². The highest BCUT2D eigenvalue weighted by molar-refractivity contribution is 8.00. The Morgan fingerprint density at radius 2 is 1.94 bits per heavy atom. The number of rotatable bonds is 11. The fourth-order valence-electron chi connectivity index (χ4n) is 6.81. The molecule has 48 heavy (non-hydrogen) atoms. The molecule has 2 aromatic heterocycles. The molecule has 4 saturated heterocycles. The second-order valence-corrected chi connectivity index (χ2v) is 15.3. The van der Waals surface area contributed by atoms with E-state index in [2.05, 4.69) is 15.5 Å². The maximum atomic E-state index is 13.4. The average Bonchev–Trinajstić information content (AvgIpc) is 3.47. The van der Waals surface area contributed by atoms with Crippen molar-refractivity contribution in [2.75, 3.05) is 37.7 Å². The highest BCUT2D eigenvalue weighted by atomic mass is 32.2. The van der Waals surface area contributed by atoms with Crippen molar-refractivity contribution in [2.45, 2.75) is 56.7 Å². The van der Waals surface area contributed by atoms with Gasteiger partial charge in [-0.05, 0) is 13.8 Å². The summed E-state index contributed by atoms with van der Waals surface area (Å²) in [5, 5.41) is 38.9. The number of oxime groups is 1. The molecule has 2 atom stereocenters. The summed E-state index contributed by atoms with van der Waals surface area (Å²) in [7, 11) is 0. The number of nitrogen functional groups attached to an aromatic ring is 1. The summed E-state index contributed by atoms with van der Waals surface area (Å²) in [5.41, 5.74) is 3.62. The first-order chi connectivity index (χ1) is 22.6. The van der Waals surface area contributed by atoms with Crippen molar-refractivity contribution < 1.29 is 43.8 Å². The van der Waals surface area contributed by atoms with Crippen molar-refractivity contribution in [2.24, 2.45) is 10.6 Å². The molecule has 16 nitrogen and oxygen atoms in total. The number of anilines is 1. The Hall–Kier alpha value is -4.42. The van der Waals surface area contributed by atoms with Gasteiger partial charge in [-0.2, -0.15) is 0 Å². The first-order valence-electron chi connectivity index (χ1n) is 15.3. The van der Waals surface area contributed by atoms with Crippen LogP contribution in [0.1, 0.15) is 38.8 Å². The lowest BCUT2D eigenvalue weighted by Gasteiger charge is -2.56. The minimum atomic E-state index is -1.77. The lowest BCUT2D eigenvalue weighted by Crippen LogP contribution is -2.72. The van der Waals surface area contributed by atoms with Gasteiger partial charge in [0.15, 0.2) is 16.6 Å². The Balaban J connectivity index is 1.15. The number of piperidine rings is 3. The number of nitrogens with two attached hydrogens (primary N) is 1. The molecule has 2 aromatic rings. The van der Waals surface area contributed by atoms with Crippen molar-refractivity contribution in [1.82, 2.24) is 19.8 Å². The number of pyridine rings is 1.